The quantitative estimate of drug-likeness (QED) is 0.818. The standard InChI is InChI=1S/C14H18N2O2/c1-3-6-12(17)10-16-13-8-5-4-7-11(13)9-15(2)14(16)18/h4-5,7-8H,3,6,9-10H2,1-2H3. The molecule has 0 saturated heterocycles. The molecule has 4 heteroatoms. The number of amides is 2. The van der Waals surface area contributed by atoms with Gasteiger partial charge in [0.25, 0.3) is 0 Å². The number of Topliss-reactive ketones (excluding diaryl/α,β-unsaturated/α-hetero) is 1. The number of ketones is 1. The number of fused-ring (bicyclic) bond motifs is 1. The molecule has 1 aliphatic heterocycles. The summed E-state index contributed by atoms with van der Waals surface area (Å²) in [6.07, 6.45) is 1.34. The highest BCUT2D eigenvalue weighted by atomic mass is 16.2. The summed E-state index contributed by atoms with van der Waals surface area (Å²) < 4.78 is 0. The van der Waals surface area contributed by atoms with Crippen LogP contribution in [0.5, 0.6) is 0 Å². The summed E-state index contributed by atoms with van der Waals surface area (Å²) in [7, 11) is 1.76. The van der Waals surface area contributed by atoms with Crippen LogP contribution in [0.3, 0.4) is 0 Å². The molecule has 0 atom stereocenters. The molecule has 0 spiro atoms. The maximum absolute atomic E-state index is 12.1. The van der Waals surface area contributed by atoms with Gasteiger partial charge < -0.3 is 4.90 Å². The molecule has 96 valence electrons. The number of anilines is 1. The third-order valence-corrected chi connectivity index (χ3v) is 3.11. The Hall–Kier alpha value is -1.84. The number of para-hydroxylation sites is 1. The zero-order valence-corrected chi connectivity index (χ0v) is 10.8. The van der Waals surface area contributed by atoms with Gasteiger partial charge in [-0.25, -0.2) is 4.79 Å². The Bertz CT molecular complexity index is 471. The van der Waals surface area contributed by atoms with E-state index in [1.54, 1.807) is 16.8 Å². The second-order valence-corrected chi connectivity index (χ2v) is 4.64. The van der Waals surface area contributed by atoms with Crippen molar-refractivity contribution in [2.45, 2.75) is 26.3 Å². The van der Waals surface area contributed by atoms with E-state index in [9.17, 15) is 9.59 Å². The first-order chi connectivity index (χ1) is 8.63. The van der Waals surface area contributed by atoms with Crippen molar-refractivity contribution in [2.24, 2.45) is 0 Å². The van der Waals surface area contributed by atoms with Gasteiger partial charge in [-0.1, -0.05) is 25.1 Å². The second-order valence-electron chi connectivity index (χ2n) is 4.64. The molecular weight excluding hydrogens is 228 g/mol. The highest BCUT2D eigenvalue weighted by molar-refractivity contribution is 6.00. The summed E-state index contributed by atoms with van der Waals surface area (Å²) in [5, 5.41) is 0. The molecule has 18 heavy (non-hydrogen) atoms. The molecule has 2 amide bonds. The lowest BCUT2D eigenvalue weighted by atomic mass is 10.1. The lowest BCUT2D eigenvalue weighted by Crippen LogP contribution is -2.47. The molecule has 0 radical (unpaired) electrons. The van der Waals surface area contributed by atoms with Crippen LogP contribution in [0, 0.1) is 0 Å². The van der Waals surface area contributed by atoms with E-state index >= 15 is 0 Å². The van der Waals surface area contributed by atoms with E-state index in [1.165, 1.54) is 0 Å². The van der Waals surface area contributed by atoms with Crippen LogP contribution in [0.4, 0.5) is 10.5 Å². The van der Waals surface area contributed by atoms with Gasteiger partial charge in [-0.3, -0.25) is 9.69 Å². The fourth-order valence-corrected chi connectivity index (χ4v) is 2.23. The summed E-state index contributed by atoms with van der Waals surface area (Å²) in [5.41, 5.74) is 1.95. The van der Waals surface area contributed by atoms with Crippen LogP contribution in [0.25, 0.3) is 0 Å². The zero-order valence-electron chi connectivity index (χ0n) is 10.8. The first kappa shape index (κ1) is 12.6. The van der Waals surface area contributed by atoms with E-state index in [0.717, 1.165) is 17.7 Å². The van der Waals surface area contributed by atoms with E-state index in [0.29, 0.717) is 13.0 Å². The fraction of sp³-hybridized carbons (Fsp3) is 0.429. The zero-order chi connectivity index (χ0) is 13.1. The number of rotatable bonds is 4. The van der Waals surface area contributed by atoms with Crippen LogP contribution in [0.2, 0.25) is 0 Å². The van der Waals surface area contributed by atoms with Gasteiger partial charge in [0, 0.05) is 20.0 Å². The minimum absolute atomic E-state index is 0.0989. The Balaban J connectivity index is 2.27. The molecule has 1 aromatic rings. The van der Waals surface area contributed by atoms with Crippen molar-refractivity contribution in [3.8, 4) is 0 Å². The van der Waals surface area contributed by atoms with Crippen LogP contribution < -0.4 is 4.90 Å². The van der Waals surface area contributed by atoms with Gasteiger partial charge >= 0.3 is 6.03 Å². The summed E-state index contributed by atoms with van der Waals surface area (Å²) >= 11 is 0. The maximum atomic E-state index is 12.1. The molecule has 0 aromatic heterocycles. The van der Waals surface area contributed by atoms with Crippen molar-refractivity contribution in [2.75, 3.05) is 18.5 Å². The Labute approximate surface area is 107 Å². The van der Waals surface area contributed by atoms with Gasteiger partial charge in [0.1, 0.15) is 0 Å². The SMILES string of the molecule is CCCC(=O)CN1C(=O)N(C)Cc2ccccc21. The fourth-order valence-electron chi connectivity index (χ4n) is 2.23. The van der Waals surface area contributed by atoms with E-state index in [1.807, 2.05) is 31.2 Å². The van der Waals surface area contributed by atoms with Crippen molar-refractivity contribution in [1.82, 2.24) is 4.90 Å². The highest BCUT2D eigenvalue weighted by Gasteiger charge is 2.28. The van der Waals surface area contributed by atoms with E-state index in [2.05, 4.69) is 0 Å². The molecule has 1 heterocycles. The van der Waals surface area contributed by atoms with Crippen molar-refractivity contribution in [1.29, 1.82) is 0 Å². The molecule has 0 N–H and O–H groups in total. The van der Waals surface area contributed by atoms with Crippen LogP contribution >= 0.6 is 0 Å². The first-order valence-corrected chi connectivity index (χ1v) is 6.25. The number of urea groups is 1. The van der Waals surface area contributed by atoms with Crippen LogP contribution in [-0.2, 0) is 11.3 Å². The molecule has 1 aliphatic rings. The third-order valence-electron chi connectivity index (χ3n) is 3.11. The van der Waals surface area contributed by atoms with Crippen molar-refractivity contribution >= 4 is 17.5 Å². The van der Waals surface area contributed by atoms with Gasteiger partial charge in [-0.2, -0.15) is 0 Å². The molecule has 0 saturated carbocycles. The Morgan fingerprint density at radius 3 is 2.78 bits per heavy atom. The van der Waals surface area contributed by atoms with E-state index in [4.69, 9.17) is 0 Å². The molecule has 0 unspecified atom stereocenters. The van der Waals surface area contributed by atoms with Gasteiger partial charge in [-0.05, 0) is 18.1 Å². The number of nitrogens with zero attached hydrogens (tertiary/aromatic N) is 2. The number of hydrogen-bond acceptors (Lipinski definition) is 2. The topological polar surface area (TPSA) is 40.6 Å². The van der Waals surface area contributed by atoms with Crippen LogP contribution in [-0.4, -0.2) is 30.3 Å². The van der Waals surface area contributed by atoms with Crippen LogP contribution in [0.1, 0.15) is 25.3 Å². The summed E-state index contributed by atoms with van der Waals surface area (Å²) in [5.74, 6) is 0.107. The molecule has 0 bridgehead atoms. The predicted octanol–water partition coefficient (Wildman–Crippen LogP) is 2.43. The molecule has 1 aromatic carbocycles. The monoisotopic (exact) mass is 246 g/mol. The highest BCUT2D eigenvalue weighted by Crippen LogP contribution is 2.27. The molecule has 4 nitrogen and oxygen atoms in total. The largest absolute Gasteiger partial charge is 0.324 e. The number of hydrogen-bond donors (Lipinski definition) is 0. The van der Waals surface area contributed by atoms with Crippen LogP contribution in [0.15, 0.2) is 24.3 Å². The summed E-state index contributed by atoms with van der Waals surface area (Å²) in [6.45, 7) is 2.75. The average Bonchev–Trinajstić information content (AvgIpc) is 2.35. The van der Waals surface area contributed by atoms with Gasteiger partial charge in [0.05, 0.1) is 12.2 Å². The van der Waals surface area contributed by atoms with E-state index < -0.39 is 0 Å². The number of benzene rings is 1. The third kappa shape index (κ3) is 2.37. The Morgan fingerprint density at radius 2 is 2.06 bits per heavy atom. The maximum Gasteiger partial charge on any atom is 0.324 e. The van der Waals surface area contributed by atoms with Crippen molar-refractivity contribution < 1.29 is 9.59 Å². The average molecular weight is 246 g/mol. The van der Waals surface area contributed by atoms with Gasteiger partial charge in [0.2, 0.25) is 0 Å². The lowest BCUT2D eigenvalue weighted by molar-refractivity contribution is -0.117. The minimum atomic E-state index is -0.0989. The summed E-state index contributed by atoms with van der Waals surface area (Å²) in [6, 6.07) is 7.65. The number of carbonyl (C=O) groups excluding carboxylic acids is 2. The smallest absolute Gasteiger partial charge is 0.323 e. The molecular formula is C14H18N2O2. The normalized spacial score (nSPS) is 14.7. The molecule has 2 rings (SSSR count). The Morgan fingerprint density at radius 1 is 1.33 bits per heavy atom. The lowest BCUT2D eigenvalue weighted by Gasteiger charge is -2.34. The van der Waals surface area contributed by atoms with Gasteiger partial charge in [0.15, 0.2) is 5.78 Å². The Kier molecular flexibility index (Phi) is 3.65. The van der Waals surface area contributed by atoms with Crippen molar-refractivity contribution in [3.05, 3.63) is 29.8 Å². The second kappa shape index (κ2) is 5.21. The van der Waals surface area contributed by atoms with Gasteiger partial charge in [-0.15, -0.1) is 0 Å². The minimum Gasteiger partial charge on any atom is -0.323 e. The first-order valence-electron chi connectivity index (χ1n) is 6.25. The van der Waals surface area contributed by atoms with E-state index in [-0.39, 0.29) is 18.4 Å². The molecule has 0 fully saturated rings. The summed E-state index contributed by atoms with van der Waals surface area (Å²) in [4.78, 5) is 27.1. The van der Waals surface area contributed by atoms with Crippen molar-refractivity contribution in [3.63, 3.8) is 0 Å². The number of carbonyl (C=O) groups is 2. The molecule has 0 aliphatic carbocycles. The predicted molar refractivity (Wildman–Crippen MR) is 70.6 cm³/mol.